The Morgan fingerprint density at radius 1 is 1.31 bits per heavy atom. The number of thiazole rings is 1. The minimum Gasteiger partial charge on any atom is -0.467 e. The Balaban J connectivity index is 1.71. The van der Waals surface area contributed by atoms with Gasteiger partial charge in [0.2, 0.25) is 0 Å². The van der Waals surface area contributed by atoms with Gasteiger partial charge in [-0.25, -0.2) is 4.98 Å². The fraction of sp³-hybridized carbons (Fsp3) is 0.292. The number of carbonyl (C=O) groups excluding carboxylic acids is 1. The molecule has 32 heavy (non-hydrogen) atoms. The van der Waals surface area contributed by atoms with Gasteiger partial charge in [0.1, 0.15) is 10.8 Å². The Kier molecular flexibility index (Phi) is 6.82. The van der Waals surface area contributed by atoms with E-state index in [1.54, 1.807) is 24.7 Å². The number of nitrogens with zero attached hydrogens (tertiary/aromatic N) is 3. The van der Waals surface area contributed by atoms with Crippen LogP contribution in [-0.2, 0) is 17.7 Å². The molecule has 0 atom stereocenters. The average molecular weight is 451 g/mol. The summed E-state index contributed by atoms with van der Waals surface area (Å²) in [6.07, 6.45) is 4.35. The first-order valence-corrected chi connectivity index (χ1v) is 11.4. The summed E-state index contributed by atoms with van der Waals surface area (Å²) < 4.78 is 12.7. The highest BCUT2D eigenvalue weighted by atomic mass is 32.1. The van der Waals surface area contributed by atoms with Crippen molar-refractivity contribution < 1.29 is 13.9 Å². The summed E-state index contributed by atoms with van der Waals surface area (Å²) >= 11 is 1.58. The van der Waals surface area contributed by atoms with Crippen LogP contribution < -0.4 is 5.32 Å². The van der Waals surface area contributed by atoms with E-state index in [0.717, 1.165) is 45.5 Å². The molecular weight excluding hydrogens is 424 g/mol. The van der Waals surface area contributed by atoms with E-state index >= 15 is 0 Å². The molecule has 0 fully saturated rings. The van der Waals surface area contributed by atoms with Crippen molar-refractivity contribution in [2.75, 3.05) is 20.3 Å². The topological polar surface area (TPSA) is 82.2 Å². The third-order valence-electron chi connectivity index (χ3n) is 5.29. The fourth-order valence-corrected chi connectivity index (χ4v) is 4.35. The predicted octanol–water partition coefficient (Wildman–Crippen LogP) is 4.56. The monoisotopic (exact) mass is 450 g/mol. The van der Waals surface area contributed by atoms with Gasteiger partial charge in [-0.1, -0.05) is 6.92 Å². The average Bonchev–Trinajstić information content (AvgIpc) is 3.56. The highest BCUT2D eigenvalue weighted by molar-refractivity contribution is 7.13. The number of hydrogen-bond acceptors (Lipinski definition) is 6. The van der Waals surface area contributed by atoms with Crippen molar-refractivity contribution in [3.05, 3.63) is 70.9 Å². The molecule has 0 radical (unpaired) electrons. The molecule has 0 aliphatic heterocycles. The van der Waals surface area contributed by atoms with E-state index < -0.39 is 0 Å². The zero-order valence-electron chi connectivity index (χ0n) is 18.4. The minimum absolute atomic E-state index is 0.129. The molecular formula is C24H26N4O3S. The van der Waals surface area contributed by atoms with E-state index in [-0.39, 0.29) is 5.91 Å². The Labute approximate surface area is 191 Å². The van der Waals surface area contributed by atoms with Gasteiger partial charge in [0.05, 0.1) is 36.4 Å². The molecule has 1 N–H and O–H groups in total. The summed E-state index contributed by atoms with van der Waals surface area (Å²) in [5.74, 6) is 0.685. The van der Waals surface area contributed by atoms with Crippen molar-refractivity contribution in [3.63, 3.8) is 0 Å². The van der Waals surface area contributed by atoms with Gasteiger partial charge in [-0.05, 0) is 43.7 Å². The van der Waals surface area contributed by atoms with E-state index in [0.29, 0.717) is 25.3 Å². The molecule has 4 aromatic rings. The lowest BCUT2D eigenvalue weighted by molar-refractivity contribution is 0.0936. The number of aryl methyl sites for hydroxylation is 1. The highest BCUT2D eigenvalue weighted by Crippen LogP contribution is 2.32. The van der Waals surface area contributed by atoms with Gasteiger partial charge < -0.3 is 19.0 Å². The molecule has 4 heterocycles. The van der Waals surface area contributed by atoms with Gasteiger partial charge in [-0.3, -0.25) is 9.78 Å². The van der Waals surface area contributed by atoms with Crippen LogP contribution in [0.3, 0.4) is 0 Å². The van der Waals surface area contributed by atoms with Gasteiger partial charge in [0.15, 0.2) is 0 Å². The molecule has 166 valence electrons. The number of methoxy groups -OCH3 is 1. The lowest BCUT2D eigenvalue weighted by Gasteiger charge is -2.09. The van der Waals surface area contributed by atoms with Crippen LogP contribution in [0.4, 0.5) is 0 Å². The number of rotatable bonds is 9. The third kappa shape index (κ3) is 4.66. The Bertz CT molecular complexity index is 1190. The number of nitrogens with one attached hydrogen (secondary N) is 1. The maximum atomic E-state index is 12.8. The van der Waals surface area contributed by atoms with Crippen LogP contribution in [0.2, 0.25) is 0 Å². The van der Waals surface area contributed by atoms with Crippen molar-refractivity contribution in [3.8, 4) is 22.0 Å². The van der Waals surface area contributed by atoms with E-state index in [1.807, 2.05) is 42.8 Å². The summed E-state index contributed by atoms with van der Waals surface area (Å²) in [5, 5.41) is 5.86. The van der Waals surface area contributed by atoms with Crippen molar-refractivity contribution in [1.82, 2.24) is 19.9 Å². The Morgan fingerprint density at radius 3 is 2.94 bits per heavy atom. The Morgan fingerprint density at radius 2 is 2.19 bits per heavy atom. The normalized spacial score (nSPS) is 11.1. The summed E-state index contributed by atoms with van der Waals surface area (Å²) in [7, 11) is 1.61. The number of pyridine rings is 1. The predicted molar refractivity (Wildman–Crippen MR) is 125 cm³/mol. The maximum Gasteiger partial charge on any atom is 0.253 e. The molecule has 4 aromatic heterocycles. The van der Waals surface area contributed by atoms with Gasteiger partial charge >= 0.3 is 0 Å². The van der Waals surface area contributed by atoms with Crippen LogP contribution in [0.1, 0.15) is 34.4 Å². The largest absolute Gasteiger partial charge is 0.467 e. The van der Waals surface area contributed by atoms with Crippen LogP contribution in [0, 0.1) is 6.92 Å². The van der Waals surface area contributed by atoms with E-state index in [1.165, 1.54) is 0 Å². The van der Waals surface area contributed by atoms with Crippen LogP contribution in [0.15, 0.2) is 52.6 Å². The molecule has 1 amide bonds. The number of aromatic nitrogens is 3. The maximum absolute atomic E-state index is 12.8. The number of carbonyl (C=O) groups is 1. The molecule has 4 rings (SSSR count). The molecule has 0 aliphatic rings. The molecule has 0 bridgehead atoms. The molecule has 0 unspecified atom stereocenters. The standard InChI is InChI=1S/C24H26N4O3S/c1-4-18-12-17(7-8-25-18)24-27-21(15-32-24)22-13-20(23(29)26-9-11-30-3)16(2)28(22)14-19-6-5-10-31-19/h5-8,10,12-13,15H,4,9,11,14H2,1-3H3,(H,26,29). The summed E-state index contributed by atoms with van der Waals surface area (Å²) in [6.45, 7) is 5.47. The number of furan rings is 1. The van der Waals surface area contributed by atoms with Gasteiger partial charge in [0, 0.05) is 42.2 Å². The zero-order chi connectivity index (χ0) is 22.5. The molecule has 0 aliphatic carbocycles. The second-order valence-electron chi connectivity index (χ2n) is 7.37. The van der Waals surface area contributed by atoms with Crippen LogP contribution in [0.25, 0.3) is 22.0 Å². The fourth-order valence-electron chi connectivity index (χ4n) is 3.54. The summed E-state index contributed by atoms with van der Waals surface area (Å²) in [6, 6.07) is 9.75. The van der Waals surface area contributed by atoms with Crippen LogP contribution >= 0.6 is 11.3 Å². The van der Waals surface area contributed by atoms with Gasteiger partial charge in [-0.2, -0.15) is 0 Å². The molecule has 0 saturated heterocycles. The smallest absolute Gasteiger partial charge is 0.253 e. The molecule has 7 nitrogen and oxygen atoms in total. The van der Waals surface area contributed by atoms with E-state index in [2.05, 4.69) is 27.9 Å². The van der Waals surface area contributed by atoms with Gasteiger partial charge in [0.25, 0.3) is 5.91 Å². The third-order valence-corrected chi connectivity index (χ3v) is 6.18. The second-order valence-corrected chi connectivity index (χ2v) is 8.23. The van der Waals surface area contributed by atoms with E-state index in [4.69, 9.17) is 14.1 Å². The lowest BCUT2D eigenvalue weighted by Crippen LogP contribution is -2.27. The van der Waals surface area contributed by atoms with Crippen molar-refractivity contribution in [2.45, 2.75) is 26.8 Å². The summed E-state index contributed by atoms with van der Waals surface area (Å²) in [4.78, 5) is 22.1. The van der Waals surface area contributed by atoms with Crippen molar-refractivity contribution in [1.29, 1.82) is 0 Å². The highest BCUT2D eigenvalue weighted by Gasteiger charge is 2.21. The van der Waals surface area contributed by atoms with Crippen LogP contribution in [-0.4, -0.2) is 40.7 Å². The zero-order valence-corrected chi connectivity index (χ0v) is 19.2. The second kappa shape index (κ2) is 9.93. The van der Waals surface area contributed by atoms with Crippen LogP contribution in [0.5, 0.6) is 0 Å². The molecule has 0 aromatic carbocycles. The van der Waals surface area contributed by atoms with Crippen molar-refractivity contribution >= 4 is 17.2 Å². The number of amides is 1. The first kappa shape index (κ1) is 22.0. The Hall–Kier alpha value is -3.23. The molecule has 8 heteroatoms. The quantitative estimate of drug-likeness (QED) is 0.378. The molecule has 0 saturated carbocycles. The minimum atomic E-state index is -0.129. The molecule has 0 spiro atoms. The number of hydrogen-bond donors (Lipinski definition) is 1. The number of ether oxygens (including phenoxy) is 1. The lowest BCUT2D eigenvalue weighted by atomic mass is 10.2. The van der Waals surface area contributed by atoms with E-state index in [9.17, 15) is 4.79 Å². The van der Waals surface area contributed by atoms with Gasteiger partial charge in [-0.15, -0.1) is 11.3 Å². The first-order chi connectivity index (χ1) is 15.6. The first-order valence-electron chi connectivity index (χ1n) is 10.5. The summed E-state index contributed by atoms with van der Waals surface area (Å²) in [5.41, 5.74) is 5.26. The SMILES string of the molecule is CCc1cc(-c2nc(-c3cc(C(=O)NCCOC)c(C)n3Cc3ccco3)cs2)ccn1. The van der Waals surface area contributed by atoms with Crippen molar-refractivity contribution in [2.24, 2.45) is 0 Å².